The van der Waals surface area contributed by atoms with Gasteiger partial charge in [0.2, 0.25) is 0 Å². The maximum Gasteiger partial charge on any atom is 0.261 e. The summed E-state index contributed by atoms with van der Waals surface area (Å²) in [5, 5.41) is 4.23. The molecule has 6 nitrogen and oxygen atoms in total. The second kappa shape index (κ2) is 6.46. The van der Waals surface area contributed by atoms with Gasteiger partial charge in [0.1, 0.15) is 23.8 Å². The number of amidine groups is 1. The molecule has 8 heteroatoms. The van der Waals surface area contributed by atoms with Gasteiger partial charge >= 0.3 is 0 Å². The van der Waals surface area contributed by atoms with Crippen LogP contribution < -0.4 is 0 Å². The monoisotopic (exact) mass is 376 g/mol. The van der Waals surface area contributed by atoms with Crippen LogP contribution in [0.4, 0.5) is 4.39 Å². The van der Waals surface area contributed by atoms with Crippen molar-refractivity contribution >= 4 is 28.8 Å². The quantitative estimate of drug-likeness (QED) is 0.753. The summed E-state index contributed by atoms with van der Waals surface area (Å²) < 4.78 is 20.0. The molecule has 0 radical (unpaired) electrons. The van der Waals surface area contributed by atoms with Gasteiger partial charge in [-0.25, -0.2) is 4.39 Å². The molecule has 4 rings (SSSR count). The molecule has 26 heavy (non-hydrogen) atoms. The summed E-state index contributed by atoms with van der Waals surface area (Å²) in [5.74, 6) is 1.69. The van der Waals surface area contributed by atoms with Gasteiger partial charge in [-0.3, -0.25) is 9.79 Å². The number of allylic oxidation sites excluding steroid dienone is 2. The summed E-state index contributed by atoms with van der Waals surface area (Å²) in [6.45, 7) is 4.71. The molecule has 0 amide bonds. The van der Waals surface area contributed by atoms with Crippen molar-refractivity contribution in [2.24, 2.45) is 4.99 Å². The SMILES string of the molecule is CC1=C(c2nc(C)no2)C(N2CCC(=O)CC2)=NC2C1=CC(Cl)=CC2F. The van der Waals surface area contributed by atoms with E-state index in [1.807, 2.05) is 11.8 Å². The van der Waals surface area contributed by atoms with E-state index in [0.29, 0.717) is 59.7 Å². The Labute approximate surface area is 155 Å². The normalized spacial score (nSPS) is 26.4. The molecular formula is C18H18ClFN4O2. The standard InChI is InChI=1S/C18H18ClFN4O2/c1-9-13-7-11(19)8-14(20)16(13)22-17(24-5-3-12(25)4-6-24)15(9)18-21-10(2)23-26-18/h7-8,14,16H,3-6H2,1-2H3. The Hall–Kier alpha value is -2.28. The second-order valence-electron chi connectivity index (χ2n) is 6.67. The third-order valence-corrected chi connectivity index (χ3v) is 5.12. The Morgan fingerprint density at radius 3 is 2.69 bits per heavy atom. The van der Waals surface area contributed by atoms with E-state index in [9.17, 15) is 9.18 Å². The number of carbonyl (C=O) groups is 1. The summed E-state index contributed by atoms with van der Waals surface area (Å²) in [7, 11) is 0. The van der Waals surface area contributed by atoms with Gasteiger partial charge in [-0.2, -0.15) is 4.98 Å². The van der Waals surface area contributed by atoms with Crippen molar-refractivity contribution < 1.29 is 13.7 Å². The topological polar surface area (TPSA) is 71.6 Å². The second-order valence-corrected chi connectivity index (χ2v) is 7.10. The number of halogens is 2. The van der Waals surface area contributed by atoms with E-state index in [0.717, 1.165) is 5.57 Å². The molecule has 2 atom stereocenters. The summed E-state index contributed by atoms with van der Waals surface area (Å²) in [4.78, 5) is 22.6. The highest BCUT2D eigenvalue weighted by molar-refractivity contribution is 6.31. The van der Waals surface area contributed by atoms with Crippen LogP contribution in [0, 0.1) is 6.92 Å². The lowest BCUT2D eigenvalue weighted by atomic mass is 9.86. The number of hydrogen-bond acceptors (Lipinski definition) is 6. The van der Waals surface area contributed by atoms with Gasteiger partial charge in [0.25, 0.3) is 5.89 Å². The van der Waals surface area contributed by atoms with E-state index in [1.54, 1.807) is 13.0 Å². The zero-order chi connectivity index (χ0) is 18.4. The first-order valence-electron chi connectivity index (χ1n) is 8.54. The first-order valence-corrected chi connectivity index (χ1v) is 8.91. The number of dihydropyridines is 1. The number of rotatable bonds is 1. The minimum atomic E-state index is -1.30. The molecule has 0 saturated carbocycles. The lowest BCUT2D eigenvalue weighted by Crippen LogP contribution is -2.43. The predicted octanol–water partition coefficient (Wildman–Crippen LogP) is 3.00. The average Bonchev–Trinajstić information content (AvgIpc) is 3.02. The number of piperidine rings is 1. The molecule has 1 aliphatic carbocycles. The molecule has 1 fully saturated rings. The van der Waals surface area contributed by atoms with E-state index < -0.39 is 12.2 Å². The minimum Gasteiger partial charge on any atom is -0.355 e. The number of ketones is 1. The van der Waals surface area contributed by atoms with Crippen molar-refractivity contribution in [1.29, 1.82) is 0 Å². The maximum atomic E-state index is 14.6. The Bertz CT molecular complexity index is 889. The zero-order valence-corrected chi connectivity index (χ0v) is 15.3. The summed E-state index contributed by atoms with van der Waals surface area (Å²) in [6, 6.07) is -0.655. The largest absolute Gasteiger partial charge is 0.355 e. The fourth-order valence-corrected chi connectivity index (χ4v) is 3.78. The van der Waals surface area contributed by atoms with Crippen molar-refractivity contribution in [3.8, 4) is 0 Å². The van der Waals surface area contributed by atoms with Crippen LogP contribution in [0.5, 0.6) is 0 Å². The van der Waals surface area contributed by atoms with Gasteiger partial charge in [0.15, 0.2) is 5.82 Å². The highest BCUT2D eigenvalue weighted by Gasteiger charge is 2.38. The zero-order valence-electron chi connectivity index (χ0n) is 14.5. The van der Waals surface area contributed by atoms with E-state index in [2.05, 4.69) is 15.1 Å². The van der Waals surface area contributed by atoms with Crippen LogP contribution in [0.1, 0.15) is 31.5 Å². The lowest BCUT2D eigenvalue weighted by molar-refractivity contribution is -0.120. The van der Waals surface area contributed by atoms with Gasteiger partial charge in [0.05, 0.1) is 5.57 Å². The fourth-order valence-electron chi connectivity index (χ4n) is 3.54. The number of aryl methyl sites for hydroxylation is 1. The number of likely N-dealkylation sites (tertiary alicyclic amines) is 1. The van der Waals surface area contributed by atoms with Gasteiger partial charge in [-0.05, 0) is 37.1 Å². The fraction of sp³-hybridized carbons (Fsp3) is 0.444. The van der Waals surface area contributed by atoms with Crippen LogP contribution in [-0.4, -0.2) is 52.0 Å². The van der Waals surface area contributed by atoms with E-state index >= 15 is 0 Å². The van der Waals surface area contributed by atoms with Gasteiger partial charge in [-0.15, -0.1) is 0 Å². The van der Waals surface area contributed by atoms with Crippen molar-refractivity contribution in [2.75, 3.05) is 13.1 Å². The third-order valence-electron chi connectivity index (χ3n) is 4.89. The Kier molecular flexibility index (Phi) is 4.26. The highest BCUT2D eigenvalue weighted by atomic mass is 35.5. The number of hydrogen-bond donors (Lipinski definition) is 0. The Morgan fingerprint density at radius 2 is 2.04 bits per heavy atom. The van der Waals surface area contributed by atoms with Crippen LogP contribution in [0.15, 0.2) is 37.8 Å². The minimum absolute atomic E-state index is 0.227. The van der Waals surface area contributed by atoms with Crippen LogP contribution in [0.3, 0.4) is 0 Å². The number of alkyl halides is 1. The highest BCUT2D eigenvalue weighted by Crippen LogP contribution is 2.38. The first kappa shape index (κ1) is 17.1. The van der Waals surface area contributed by atoms with Gasteiger partial charge in [-0.1, -0.05) is 16.8 Å². The molecule has 2 aliphatic heterocycles. The molecule has 1 saturated heterocycles. The smallest absolute Gasteiger partial charge is 0.261 e. The molecule has 136 valence electrons. The molecule has 0 aromatic carbocycles. The molecule has 0 N–H and O–H groups in total. The predicted molar refractivity (Wildman–Crippen MR) is 95.6 cm³/mol. The number of fused-ring (bicyclic) bond motifs is 1. The first-order chi connectivity index (χ1) is 12.4. The number of aliphatic imine (C=N–C) groups is 1. The Morgan fingerprint density at radius 1 is 1.31 bits per heavy atom. The Balaban J connectivity index is 1.83. The summed E-state index contributed by atoms with van der Waals surface area (Å²) >= 11 is 6.07. The molecule has 0 spiro atoms. The van der Waals surface area contributed by atoms with Gasteiger partial charge < -0.3 is 9.42 Å². The molecular weight excluding hydrogens is 359 g/mol. The van der Waals surface area contributed by atoms with E-state index in [1.165, 1.54) is 6.08 Å². The molecule has 3 heterocycles. The number of nitrogens with zero attached hydrogens (tertiary/aromatic N) is 4. The van der Waals surface area contributed by atoms with Crippen molar-refractivity contribution in [1.82, 2.24) is 15.0 Å². The van der Waals surface area contributed by atoms with Crippen LogP contribution >= 0.6 is 11.6 Å². The molecule has 2 unspecified atom stereocenters. The average molecular weight is 377 g/mol. The third kappa shape index (κ3) is 2.90. The molecule has 1 aromatic rings. The lowest BCUT2D eigenvalue weighted by Gasteiger charge is -2.36. The molecule has 1 aromatic heterocycles. The van der Waals surface area contributed by atoms with E-state index in [-0.39, 0.29) is 5.78 Å². The van der Waals surface area contributed by atoms with Crippen molar-refractivity contribution in [3.05, 3.63) is 40.0 Å². The van der Waals surface area contributed by atoms with Crippen LogP contribution in [0.25, 0.3) is 5.57 Å². The summed E-state index contributed by atoms with van der Waals surface area (Å²) in [5.41, 5.74) is 2.21. The molecule has 3 aliphatic rings. The van der Waals surface area contributed by atoms with E-state index in [4.69, 9.17) is 16.1 Å². The maximum absolute atomic E-state index is 14.6. The van der Waals surface area contributed by atoms with Crippen LogP contribution in [0.2, 0.25) is 0 Å². The number of Topliss-reactive ketones (excluding diaryl/α,β-unsaturated/α-hetero) is 1. The van der Waals surface area contributed by atoms with Gasteiger partial charge in [0, 0.05) is 31.0 Å². The van der Waals surface area contributed by atoms with Crippen molar-refractivity contribution in [3.63, 3.8) is 0 Å². The van der Waals surface area contributed by atoms with Crippen LogP contribution in [-0.2, 0) is 4.79 Å². The molecule has 0 bridgehead atoms. The van der Waals surface area contributed by atoms with Crippen molar-refractivity contribution in [2.45, 2.75) is 38.9 Å². The summed E-state index contributed by atoms with van der Waals surface area (Å²) in [6.07, 6.45) is 2.70. The number of aromatic nitrogens is 2. The number of carbonyl (C=O) groups excluding carboxylic acids is 1.